The fraction of sp³-hybridized carbons (Fsp3) is 0.0500. The molecule has 10 heteroatoms. The van der Waals surface area contributed by atoms with Crippen LogP contribution in [-0.4, -0.2) is 11.6 Å². The summed E-state index contributed by atoms with van der Waals surface area (Å²) in [4.78, 5) is 25.7. The van der Waals surface area contributed by atoms with Crippen LogP contribution in [0.3, 0.4) is 0 Å². The summed E-state index contributed by atoms with van der Waals surface area (Å²) in [5, 5.41) is 0. The van der Waals surface area contributed by atoms with E-state index in [1.165, 1.54) is 24.3 Å². The predicted molar refractivity (Wildman–Crippen MR) is 175 cm³/mol. The lowest BCUT2D eigenvalue weighted by molar-refractivity contribution is -0.138. The summed E-state index contributed by atoms with van der Waals surface area (Å²) in [5.74, 6) is 0.898. The van der Waals surface area contributed by atoms with Crippen LogP contribution >= 0.6 is 0 Å². The van der Waals surface area contributed by atoms with Gasteiger partial charge in [-0.1, -0.05) is 60.7 Å². The van der Waals surface area contributed by atoms with Gasteiger partial charge in [0.25, 0.3) is 0 Å². The zero-order chi connectivity index (χ0) is 35.5. The normalized spacial score (nSPS) is 11.6. The Kier molecular flexibility index (Phi) is 9.28. The molecule has 4 nitrogen and oxygen atoms in total. The van der Waals surface area contributed by atoms with Crippen LogP contribution in [0.25, 0.3) is 11.1 Å². The molecular weight excluding hydrogens is 658 g/mol. The third-order valence-electron chi connectivity index (χ3n) is 7.70. The largest absolute Gasteiger partial charge is 0.457 e. The van der Waals surface area contributed by atoms with Gasteiger partial charge in [0.1, 0.15) is 23.0 Å². The number of carbonyl (C=O) groups excluding carboxylic acids is 2. The molecule has 0 spiro atoms. The van der Waals surface area contributed by atoms with E-state index in [4.69, 9.17) is 9.47 Å². The quantitative estimate of drug-likeness (QED) is 0.113. The molecule has 0 aromatic heterocycles. The first-order valence-corrected chi connectivity index (χ1v) is 15.0. The molecule has 0 amide bonds. The Morgan fingerprint density at radius 3 is 0.960 bits per heavy atom. The molecule has 0 aliphatic rings. The van der Waals surface area contributed by atoms with Gasteiger partial charge in [0.15, 0.2) is 11.6 Å². The second-order valence-electron chi connectivity index (χ2n) is 11.1. The predicted octanol–water partition coefficient (Wildman–Crippen LogP) is 11.4. The van der Waals surface area contributed by atoms with Gasteiger partial charge in [-0.25, -0.2) is 0 Å². The Labute approximate surface area is 282 Å². The van der Waals surface area contributed by atoms with Crippen molar-refractivity contribution in [2.75, 3.05) is 0 Å². The van der Waals surface area contributed by atoms with Gasteiger partial charge in [-0.15, -0.1) is 0 Å². The van der Waals surface area contributed by atoms with Crippen LogP contribution in [0.5, 0.6) is 23.0 Å². The SMILES string of the molecule is O=C(c1ccc(Oc2ccccc2-c2ccccc2Oc2ccc(C(=O)c3ccc(C(F)(F)F)cc3)cc2)cc1)c1ccc(C(F)(F)F)cc1. The molecule has 0 unspecified atom stereocenters. The van der Waals surface area contributed by atoms with Crippen LogP contribution < -0.4 is 9.47 Å². The van der Waals surface area contributed by atoms with Crippen LogP contribution in [-0.2, 0) is 12.4 Å². The van der Waals surface area contributed by atoms with Crippen molar-refractivity contribution in [2.45, 2.75) is 12.4 Å². The van der Waals surface area contributed by atoms with Crippen LogP contribution in [0, 0.1) is 0 Å². The van der Waals surface area contributed by atoms with Crippen molar-refractivity contribution in [3.63, 3.8) is 0 Å². The van der Waals surface area contributed by atoms with E-state index < -0.39 is 35.0 Å². The average Bonchev–Trinajstić information content (AvgIpc) is 3.12. The summed E-state index contributed by atoms with van der Waals surface area (Å²) in [6.07, 6.45) is -9.00. The molecule has 0 bridgehead atoms. The molecule has 0 saturated carbocycles. The van der Waals surface area contributed by atoms with Gasteiger partial charge < -0.3 is 9.47 Å². The van der Waals surface area contributed by atoms with Crippen LogP contribution in [0.2, 0.25) is 0 Å². The molecule has 6 aromatic carbocycles. The van der Waals surface area contributed by atoms with E-state index in [9.17, 15) is 35.9 Å². The van der Waals surface area contributed by atoms with E-state index in [0.717, 1.165) is 48.5 Å². The number of alkyl halides is 6. The number of ketones is 2. The van der Waals surface area contributed by atoms with Crippen LogP contribution in [0.1, 0.15) is 43.0 Å². The van der Waals surface area contributed by atoms with Gasteiger partial charge in [-0.3, -0.25) is 9.59 Å². The van der Waals surface area contributed by atoms with Gasteiger partial charge in [-0.2, -0.15) is 26.3 Å². The third-order valence-corrected chi connectivity index (χ3v) is 7.70. The van der Waals surface area contributed by atoms with E-state index in [-0.39, 0.29) is 22.3 Å². The number of benzene rings is 6. The van der Waals surface area contributed by atoms with Crippen LogP contribution in [0.4, 0.5) is 26.3 Å². The Hall–Kier alpha value is -6.16. The number of hydrogen-bond acceptors (Lipinski definition) is 4. The summed E-state index contributed by atoms with van der Waals surface area (Å²) >= 11 is 0. The van der Waals surface area contributed by atoms with E-state index in [1.807, 2.05) is 24.3 Å². The minimum absolute atomic E-state index is 0.119. The molecule has 0 fully saturated rings. The summed E-state index contributed by atoms with van der Waals surface area (Å²) < 4.78 is 89.8. The standard InChI is InChI=1S/C40H24F6O4/c41-39(42,43)29-17-9-25(10-18-29)37(47)27-13-21-31(22-14-27)49-35-7-3-1-5-33(35)34-6-2-4-8-36(34)50-32-23-15-28(16-24-32)38(48)26-11-19-30(20-12-26)40(44,45)46/h1-24H. The number of ether oxygens (including phenoxy) is 2. The lowest BCUT2D eigenvalue weighted by Gasteiger charge is -2.15. The lowest BCUT2D eigenvalue weighted by Crippen LogP contribution is -2.06. The molecule has 6 aromatic rings. The molecule has 0 radical (unpaired) electrons. The highest BCUT2D eigenvalue weighted by atomic mass is 19.4. The highest BCUT2D eigenvalue weighted by molar-refractivity contribution is 6.09. The summed E-state index contributed by atoms with van der Waals surface area (Å²) in [6, 6.07) is 34.9. The fourth-order valence-corrected chi connectivity index (χ4v) is 5.11. The Morgan fingerprint density at radius 2 is 0.660 bits per heavy atom. The molecule has 50 heavy (non-hydrogen) atoms. The maximum Gasteiger partial charge on any atom is 0.416 e. The molecule has 250 valence electrons. The first-order valence-electron chi connectivity index (χ1n) is 15.0. The fourth-order valence-electron chi connectivity index (χ4n) is 5.11. The molecule has 0 aliphatic carbocycles. The second kappa shape index (κ2) is 13.8. The van der Waals surface area contributed by atoms with Gasteiger partial charge in [0, 0.05) is 33.4 Å². The van der Waals surface area contributed by atoms with E-state index >= 15 is 0 Å². The van der Waals surface area contributed by atoms with Crippen molar-refractivity contribution in [3.8, 4) is 34.1 Å². The topological polar surface area (TPSA) is 52.6 Å². The maximum absolute atomic E-state index is 12.9. The average molecular weight is 683 g/mol. The molecule has 0 heterocycles. The van der Waals surface area contributed by atoms with E-state index in [2.05, 4.69) is 0 Å². The molecule has 0 aliphatic heterocycles. The van der Waals surface area contributed by atoms with E-state index in [0.29, 0.717) is 34.1 Å². The number of para-hydroxylation sites is 2. The number of halogens is 6. The molecule has 6 rings (SSSR count). The zero-order valence-corrected chi connectivity index (χ0v) is 25.8. The summed E-state index contributed by atoms with van der Waals surface area (Å²) in [7, 11) is 0. The first-order chi connectivity index (χ1) is 23.9. The highest BCUT2D eigenvalue weighted by Crippen LogP contribution is 2.40. The van der Waals surface area contributed by atoms with Crippen molar-refractivity contribution < 1.29 is 45.4 Å². The van der Waals surface area contributed by atoms with Crippen molar-refractivity contribution >= 4 is 11.6 Å². The Morgan fingerprint density at radius 1 is 0.380 bits per heavy atom. The Bertz CT molecular complexity index is 1980. The monoisotopic (exact) mass is 682 g/mol. The molecular formula is C40H24F6O4. The smallest absolute Gasteiger partial charge is 0.416 e. The van der Waals surface area contributed by atoms with Crippen molar-refractivity contribution in [2.24, 2.45) is 0 Å². The van der Waals surface area contributed by atoms with Crippen LogP contribution in [0.15, 0.2) is 146 Å². The minimum atomic E-state index is -4.50. The number of hydrogen-bond donors (Lipinski definition) is 0. The molecule has 0 atom stereocenters. The molecule has 0 N–H and O–H groups in total. The van der Waals surface area contributed by atoms with Gasteiger partial charge in [0.2, 0.25) is 0 Å². The van der Waals surface area contributed by atoms with Crippen molar-refractivity contribution in [1.29, 1.82) is 0 Å². The summed E-state index contributed by atoms with van der Waals surface area (Å²) in [5.41, 5.74) is 0.472. The third kappa shape index (κ3) is 7.60. The minimum Gasteiger partial charge on any atom is -0.457 e. The van der Waals surface area contributed by atoms with E-state index in [1.54, 1.807) is 48.5 Å². The van der Waals surface area contributed by atoms with Crippen molar-refractivity contribution in [3.05, 3.63) is 179 Å². The zero-order valence-electron chi connectivity index (χ0n) is 25.8. The maximum atomic E-state index is 12.9. The number of rotatable bonds is 9. The first kappa shape index (κ1) is 33.7. The highest BCUT2D eigenvalue weighted by Gasteiger charge is 2.31. The summed E-state index contributed by atoms with van der Waals surface area (Å²) in [6.45, 7) is 0. The lowest BCUT2D eigenvalue weighted by atomic mass is 10.0. The van der Waals surface area contributed by atoms with Gasteiger partial charge in [-0.05, 0) is 84.9 Å². The molecule has 0 saturated heterocycles. The number of carbonyl (C=O) groups is 2. The van der Waals surface area contributed by atoms with Crippen molar-refractivity contribution in [1.82, 2.24) is 0 Å². The Balaban J connectivity index is 1.17. The second-order valence-corrected chi connectivity index (χ2v) is 11.1. The van der Waals surface area contributed by atoms with Gasteiger partial charge in [0.05, 0.1) is 11.1 Å². The van der Waals surface area contributed by atoms with Gasteiger partial charge >= 0.3 is 12.4 Å².